The SMILES string of the molecule is CC(NNC(C)c1cccc2ccccc12)c1ccccc1. The average molecular weight is 290 g/mol. The van der Waals surface area contributed by atoms with Crippen LogP contribution in [0.5, 0.6) is 0 Å². The first-order valence-electron chi connectivity index (χ1n) is 7.79. The van der Waals surface area contributed by atoms with Crippen LogP contribution in [0, 0.1) is 0 Å². The number of hydrazine groups is 1. The van der Waals surface area contributed by atoms with Gasteiger partial charge in [-0.15, -0.1) is 0 Å². The number of hydrogen-bond acceptors (Lipinski definition) is 2. The molecule has 0 aliphatic rings. The molecule has 2 atom stereocenters. The fourth-order valence-electron chi connectivity index (χ4n) is 2.78. The highest BCUT2D eigenvalue weighted by molar-refractivity contribution is 5.86. The molecule has 0 aromatic heterocycles. The normalized spacial score (nSPS) is 13.9. The molecule has 22 heavy (non-hydrogen) atoms. The first-order chi connectivity index (χ1) is 10.8. The van der Waals surface area contributed by atoms with Crippen LogP contribution in [0.4, 0.5) is 0 Å². The van der Waals surface area contributed by atoms with Crippen molar-refractivity contribution in [3.8, 4) is 0 Å². The predicted molar refractivity (Wildman–Crippen MR) is 93.5 cm³/mol. The topological polar surface area (TPSA) is 24.1 Å². The van der Waals surface area contributed by atoms with Crippen molar-refractivity contribution in [3.63, 3.8) is 0 Å². The van der Waals surface area contributed by atoms with Gasteiger partial charge >= 0.3 is 0 Å². The average Bonchev–Trinajstić information content (AvgIpc) is 2.59. The molecule has 0 aliphatic heterocycles. The van der Waals surface area contributed by atoms with E-state index in [1.807, 2.05) is 6.07 Å². The van der Waals surface area contributed by atoms with Gasteiger partial charge in [0.05, 0.1) is 0 Å². The summed E-state index contributed by atoms with van der Waals surface area (Å²) in [4.78, 5) is 0. The molecule has 0 amide bonds. The summed E-state index contributed by atoms with van der Waals surface area (Å²) in [6.45, 7) is 4.35. The van der Waals surface area contributed by atoms with Crippen molar-refractivity contribution in [2.75, 3.05) is 0 Å². The van der Waals surface area contributed by atoms with Gasteiger partial charge in [0.25, 0.3) is 0 Å². The molecule has 0 saturated heterocycles. The summed E-state index contributed by atoms with van der Waals surface area (Å²) in [5.41, 5.74) is 9.44. The summed E-state index contributed by atoms with van der Waals surface area (Å²) >= 11 is 0. The number of benzene rings is 3. The molecule has 2 N–H and O–H groups in total. The smallest absolute Gasteiger partial charge is 0.0440 e. The van der Waals surface area contributed by atoms with Gasteiger partial charge in [0, 0.05) is 12.1 Å². The minimum absolute atomic E-state index is 0.234. The predicted octanol–water partition coefficient (Wildman–Crippen LogP) is 4.76. The molecule has 0 radical (unpaired) electrons. The molecule has 3 aromatic carbocycles. The molecule has 0 bridgehead atoms. The Morgan fingerprint density at radius 1 is 0.636 bits per heavy atom. The van der Waals surface area contributed by atoms with E-state index in [2.05, 4.69) is 91.4 Å². The zero-order chi connectivity index (χ0) is 15.4. The summed E-state index contributed by atoms with van der Waals surface area (Å²) in [6, 6.07) is 26.0. The summed E-state index contributed by atoms with van der Waals surface area (Å²) < 4.78 is 0. The maximum Gasteiger partial charge on any atom is 0.0440 e. The lowest BCUT2D eigenvalue weighted by molar-refractivity contribution is 0.412. The molecule has 3 aromatic rings. The van der Waals surface area contributed by atoms with E-state index in [4.69, 9.17) is 0 Å². The van der Waals surface area contributed by atoms with E-state index < -0.39 is 0 Å². The zero-order valence-electron chi connectivity index (χ0n) is 13.1. The highest BCUT2D eigenvalue weighted by Crippen LogP contribution is 2.24. The lowest BCUT2D eigenvalue weighted by Gasteiger charge is -2.21. The second-order valence-corrected chi connectivity index (χ2v) is 5.71. The standard InChI is InChI=1S/C20H22N2/c1-15(17-9-4-3-5-10-17)21-22-16(2)19-14-8-12-18-11-6-7-13-20(18)19/h3-16,21-22H,1-2H3. The Morgan fingerprint density at radius 3 is 2.09 bits per heavy atom. The zero-order valence-corrected chi connectivity index (χ0v) is 13.1. The summed E-state index contributed by atoms with van der Waals surface area (Å²) in [7, 11) is 0. The lowest BCUT2D eigenvalue weighted by atomic mass is 10.00. The van der Waals surface area contributed by atoms with Crippen LogP contribution in [-0.2, 0) is 0 Å². The van der Waals surface area contributed by atoms with Gasteiger partial charge in [-0.1, -0.05) is 72.8 Å². The molecule has 112 valence electrons. The molecule has 2 heteroatoms. The summed E-state index contributed by atoms with van der Waals surface area (Å²) in [5.74, 6) is 0. The van der Waals surface area contributed by atoms with Gasteiger partial charge in [-0.2, -0.15) is 0 Å². The molecule has 2 unspecified atom stereocenters. The minimum Gasteiger partial charge on any atom is -0.250 e. The van der Waals surface area contributed by atoms with Crippen molar-refractivity contribution in [1.82, 2.24) is 10.9 Å². The Hall–Kier alpha value is -2.16. The van der Waals surface area contributed by atoms with Gasteiger partial charge in [0.2, 0.25) is 0 Å². The third-order valence-corrected chi connectivity index (χ3v) is 4.11. The second-order valence-electron chi connectivity index (χ2n) is 5.71. The van der Waals surface area contributed by atoms with Crippen molar-refractivity contribution < 1.29 is 0 Å². The van der Waals surface area contributed by atoms with E-state index in [0.717, 1.165) is 0 Å². The minimum atomic E-state index is 0.234. The Morgan fingerprint density at radius 2 is 1.27 bits per heavy atom. The second kappa shape index (κ2) is 6.73. The first-order valence-corrected chi connectivity index (χ1v) is 7.79. The molecule has 0 saturated carbocycles. The fourth-order valence-corrected chi connectivity index (χ4v) is 2.78. The highest BCUT2D eigenvalue weighted by Gasteiger charge is 2.10. The molecule has 0 heterocycles. The van der Waals surface area contributed by atoms with Crippen LogP contribution in [0.3, 0.4) is 0 Å². The van der Waals surface area contributed by atoms with Gasteiger partial charge in [-0.3, -0.25) is 10.9 Å². The third-order valence-electron chi connectivity index (χ3n) is 4.11. The van der Waals surface area contributed by atoms with E-state index in [9.17, 15) is 0 Å². The number of fused-ring (bicyclic) bond motifs is 1. The van der Waals surface area contributed by atoms with Crippen LogP contribution in [0.25, 0.3) is 10.8 Å². The van der Waals surface area contributed by atoms with Crippen molar-refractivity contribution >= 4 is 10.8 Å². The van der Waals surface area contributed by atoms with E-state index in [1.165, 1.54) is 21.9 Å². The van der Waals surface area contributed by atoms with Crippen molar-refractivity contribution in [2.24, 2.45) is 0 Å². The highest BCUT2D eigenvalue weighted by atomic mass is 15.4. The number of hydrogen-bond donors (Lipinski definition) is 2. The van der Waals surface area contributed by atoms with E-state index >= 15 is 0 Å². The van der Waals surface area contributed by atoms with Gasteiger partial charge < -0.3 is 0 Å². The largest absolute Gasteiger partial charge is 0.250 e. The van der Waals surface area contributed by atoms with Crippen LogP contribution in [0.1, 0.15) is 37.1 Å². The monoisotopic (exact) mass is 290 g/mol. The number of rotatable bonds is 5. The van der Waals surface area contributed by atoms with E-state index in [1.54, 1.807) is 0 Å². The van der Waals surface area contributed by atoms with Crippen LogP contribution in [0.2, 0.25) is 0 Å². The van der Waals surface area contributed by atoms with E-state index in [-0.39, 0.29) is 12.1 Å². The molecular weight excluding hydrogens is 268 g/mol. The molecule has 0 aliphatic carbocycles. The van der Waals surface area contributed by atoms with Crippen molar-refractivity contribution in [3.05, 3.63) is 83.9 Å². The molecule has 3 rings (SSSR count). The quantitative estimate of drug-likeness (QED) is 0.662. The van der Waals surface area contributed by atoms with Crippen LogP contribution in [0.15, 0.2) is 72.8 Å². The van der Waals surface area contributed by atoms with Gasteiger partial charge in [-0.25, -0.2) is 0 Å². The Balaban J connectivity index is 1.73. The maximum atomic E-state index is 3.44. The molecule has 0 fully saturated rings. The molecular formula is C20H22N2. The fraction of sp³-hybridized carbons (Fsp3) is 0.200. The third kappa shape index (κ3) is 3.19. The summed E-state index contributed by atoms with van der Waals surface area (Å²) in [5, 5.41) is 2.59. The van der Waals surface area contributed by atoms with Crippen LogP contribution >= 0.6 is 0 Å². The van der Waals surface area contributed by atoms with Crippen LogP contribution in [-0.4, -0.2) is 0 Å². The Kier molecular flexibility index (Phi) is 4.52. The van der Waals surface area contributed by atoms with Gasteiger partial charge in [0.15, 0.2) is 0 Å². The van der Waals surface area contributed by atoms with Crippen molar-refractivity contribution in [2.45, 2.75) is 25.9 Å². The van der Waals surface area contributed by atoms with Crippen LogP contribution < -0.4 is 10.9 Å². The summed E-state index contributed by atoms with van der Waals surface area (Å²) in [6.07, 6.45) is 0. The van der Waals surface area contributed by atoms with Gasteiger partial charge in [0.1, 0.15) is 0 Å². The van der Waals surface area contributed by atoms with E-state index in [0.29, 0.717) is 0 Å². The number of nitrogens with one attached hydrogen (secondary N) is 2. The Labute approximate surface area is 132 Å². The maximum absolute atomic E-state index is 3.44. The molecule has 0 spiro atoms. The molecule has 2 nitrogen and oxygen atoms in total. The van der Waals surface area contributed by atoms with Crippen molar-refractivity contribution in [1.29, 1.82) is 0 Å². The van der Waals surface area contributed by atoms with Gasteiger partial charge in [-0.05, 0) is 35.7 Å². The Bertz CT molecular complexity index is 732. The first kappa shape index (κ1) is 14.8. The lowest BCUT2D eigenvalue weighted by Crippen LogP contribution is -2.36.